The fraction of sp³-hybridized carbons (Fsp3) is 0.125. The number of ether oxygens (including phenoxy) is 1. The van der Waals surface area contributed by atoms with E-state index in [0.29, 0.717) is 5.69 Å². The fourth-order valence-corrected chi connectivity index (χ4v) is 2.17. The van der Waals surface area contributed by atoms with E-state index in [4.69, 9.17) is 4.74 Å². The second-order valence-electron chi connectivity index (χ2n) is 5.02. The Morgan fingerprint density at radius 2 is 2.04 bits per heavy atom. The van der Waals surface area contributed by atoms with Gasteiger partial charge in [0.05, 0.1) is 11.3 Å². The molecule has 0 amide bonds. The van der Waals surface area contributed by atoms with Crippen molar-refractivity contribution in [3.05, 3.63) is 71.6 Å². The minimum atomic E-state index is -0.940. The van der Waals surface area contributed by atoms with Crippen LogP contribution in [0.4, 0.5) is 8.78 Å². The van der Waals surface area contributed by atoms with Crippen molar-refractivity contribution in [2.45, 2.75) is 13.0 Å². The molecule has 1 atom stereocenters. The molecule has 3 rings (SSSR count). The summed E-state index contributed by atoms with van der Waals surface area (Å²) >= 11 is 0. The number of benzene rings is 2. The molecule has 0 fully saturated rings. The van der Waals surface area contributed by atoms with Crippen LogP contribution in [0.15, 0.2) is 48.8 Å². The summed E-state index contributed by atoms with van der Waals surface area (Å²) < 4.78 is 33.6. The lowest BCUT2D eigenvalue weighted by atomic mass is 10.1. The number of esters is 1. The van der Waals surface area contributed by atoms with E-state index in [-0.39, 0.29) is 11.1 Å². The van der Waals surface area contributed by atoms with Gasteiger partial charge in [-0.2, -0.15) is 0 Å². The van der Waals surface area contributed by atoms with Gasteiger partial charge in [-0.05, 0) is 53.7 Å². The SMILES string of the molecule is C[C@H](OC(=O)c1cccc(-n2cnnn2)c1)c1cc(F)ccc1F. The van der Waals surface area contributed by atoms with Crippen LogP contribution in [0.5, 0.6) is 0 Å². The van der Waals surface area contributed by atoms with Crippen molar-refractivity contribution in [3.8, 4) is 5.69 Å². The minimum absolute atomic E-state index is 0.0278. The van der Waals surface area contributed by atoms with Crippen LogP contribution in [0.25, 0.3) is 5.69 Å². The van der Waals surface area contributed by atoms with Gasteiger partial charge in [-0.15, -0.1) is 5.10 Å². The highest BCUT2D eigenvalue weighted by Crippen LogP contribution is 2.23. The van der Waals surface area contributed by atoms with Gasteiger partial charge in [-0.1, -0.05) is 6.07 Å². The Balaban J connectivity index is 1.80. The molecule has 3 aromatic rings. The number of halogens is 2. The highest BCUT2D eigenvalue weighted by Gasteiger charge is 2.18. The molecule has 0 spiro atoms. The van der Waals surface area contributed by atoms with Crippen molar-refractivity contribution >= 4 is 5.97 Å². The average Bonchev–Trinajstić information content (AvgIpc) is 3.11. The molecule has 1 aromatic heterocycles. The first-order valence-electron chi connectivity index (χ1n) is 7.04. The van der Waals surface area contributed by atoms with E-state index in [1.807, 2.05) is 0 Å². The number of aromatic nitrogens is 4. The minimum Gasteiger partial charge on any atom is -0.454 e. The lowest BCUT2D eigenvalue weighted by Crippen LogP contribution is -2.11. The molecular formula is C16H12F2N4O2. The zero-order valence-electron chi connectivity index (χ0n) is 12.6. The lowest BCUT2D eigenvalue weighted by Gasteiger charge is -2.15. The van der Waals surface area contributed by atoms with Gasteiger partial charge in [-0.25, -0.2) is 18.3 Å². The number of tetrazole rings is 1. The third-order valence-electron chi connectivity index (χ3n) is 3.38. The predicted molar refractivity (Wildman–Crippen MR) is 79.3 cm³/mol. The molecule has 0 radical (unpaired) electrons. The van der Waals surface area contributed by atoms with Crippen molar-refractivity contribution in [2.75, 3.05) is 0 Å². The normalized spacial score (nSPS) is 12.0. The predicted octanol–water partition coefficient (Wildman–Crippen LogP) is 2.86. The van der Waals surface area contributed by atoms with Gasteiger partial charge in [0.25, 0.3) is 0 Å². The summed E-state index contributed by atoms with van der Waals surface area (Å²) in [7, 11) is 0. The van der Waals surface area contributed by atoms with Gasteiger partial charge < -0.3 is 4.74 Å². The molecule has 0 N–H and O–H groups in total. The topological polar surface area (TPSA) is 69.9 Å². The molecule has 24 heavy (non-hydrogen) atoms. The highest BCUT2D eigenvalue weighted by molar-refractivity contribution is 5.90. The Kier molecular flexibility index (Phi) is 4.28. The molecular weight excluding hydrogens is 318 g/mol. The third-order valence-corrected chi connectivity index (χ3v) is 3.38. The maximum absolute atomic E-state index is 13.7. The van der Waals surface area contributed by atoms with Crippen LogP contribution in [0, 0.1) is 11.6 Å². The standard InChI is InChI=1S/C16H12F2N4O2/c1-10(14-8-12(17)5-6-15(14)18)24-16(23)11-3-2-4-13(7-11)22-9-19-20-21-22/h2-10H,1H3/t10-/m0/s1. The van der Waals surface area contributed by atoms with Gasteiger partial charge >= 0.3 is 5.97 Å². The summed E-state index contributed by atoms with van der Waals surface area (Å²) in [4.78, 5) is 12.2. The smallest absolute Gasteiger partial charge is 0.338 e. The molecule has 122 valence electrons. The fourth-order valence-electron chi connectivity index (χ4n) is 2.17. The first-order valence-corrected chi connectivity index (χ1v) is 7.04. The maximum Gasteiger partial charge on any atom is 0.338 e. The molecule has 0 saturated carbocycles. The lowest BCUT2D eigenvalue weighted by molar-refractivity contribution is 0.0330. The Morgan fingerprint density at radius 1 is 1.21 bits per heavy atom. The second-order valence-corrected chi connectivity index (χ2v) is 5.02. The molecule has 0 unspecified atom stereocenters. The summed E-state index contributed by atoms with van der Waals surface area (Å²) in [5.41, 5.74) is 0.783. The highest BCUT2D eigenvalue weighted by atomic mass is 19.1. The van der Waals surface area contributed by atoms with E-state index >= 15 is 0 Å². The van der Waals surface area contributed by atoms with Gasteiger partial charge in [0, 0.05) is 5.56 Å². The van der Waals surface area contributed by atoms with Gasteiger partial charge in [0.2, 0.25) is 0 Å². The molecule has 0 saturated heterocycles. The summed E-state index contributed by atoms with van der Waals surface area (Å²) in [6.07, 6.45) is 0.444. The number of hydrogen-bond donors (Lipinski definition) is 0. The van der Waals surface area contributed by atoms with Crippen molar-refractivity contribution in [2.24, 2.45) is 0 Å². The molecule has 0 bridgehead atoms. The quantitative estimate of drug-likeness (QED) is 0.688. The number of rotatable bonds is 4. The van der Waals surface area contributed by atoms with Crippen molar-refractivity contribution in [1.82, 2.24) is 20.2 Å². The van der Waals surface area contributed by atoms with Crippen LogP contribution >= 0.6 is 0 Å². The summed E-state index contributed by atoms with van der Waals surface area (Å²) in [6.45, 7) is 1.47. The monoisotopic (exact) mass is 330 g/mol. The Hall–Kier alpha value is -3.16. The van der Waals surface area contributed by atoms with E-state index in [1.165, 1.54) is 24.0 Å². The molecule has 8 heteroatoms. The summed E-state index contributed by atoms with van der Waals surface area (Å²) in [6, 6.07) is 9.43. The molecule has 0 aliphatic carbocycles. The van der Waals surface area contributed by atoms with Gasteiger partial charge in [0.1, 0.15) is 24.1 Å². The van der Waals surface area contributed by atoms with Crippen molar-refractivity contribution < 1.29 is 18.3 Å². The third kappa shape index (κ3) is 3.27. The van der Waals surface area contributed by atoms with Crippen LogP contribution in [0.1, 0.15) is 28.9 Å². The summed E-state index contributed by atoms with van der Waals surface area (Å²) in [5, 5.41) is 10.8. The molecule has 1 heterocycles. The molecule has 6 nitrogen and oxygen atoms in total. The van der Waals surface area contributed by atoms with Crippen LogP contribution in [0.2, 0.25) is 0 Å². The Morgan fingerprint density at radius 3 is 2.79 bits per heavy atom. The van der Waals surface area contributed by atoms with E-state index in [1.54, 1.807) is 18.2 Å². The zero-order valence-corrected chi connectivity index (χ0v) is 12.6. The second kappa shape index (κ2) is 6.53. The van der Waals surface area contributed by atoms with Crippen molar-refractivity contribution in [3.63, 3.8) is 0 Å². The van der Waals surface area contributed by atoms with Crippen LogP contribution in [-0.2, 0) is 4.74 Å². The number of hydrogen-bond acceptors (Lipinski definition) is 5. The maximum atomic E-state index is 13.7. The molecule has 0 aliphatic rings. The first kappa shape index (κ1) is 15.7. The molecule has 2 aromatic carbocycles. The van der Waals surface area contributed by atoms with Crippen LogP contribution in [-0.4, -0.2) is 26.2 Å². The number of carbonyl (C=O) groups excluding carboxylic acids is 1. The average molecular weight is 330 g/mol. The molecule has 0 aliphatic heterocycles. The number of nitrogens with zero attached hydrogens (tertiary/aromatic N) is 4. The van der Waals surface area contributed by atoms with E-state index < -0.39 is 23.7 Å². The van der Waals surface area contributed by atoms with E-state index in [9.17, 15) is 13.6 Å². The van der Waals surface area contributed by atoms with Gasteiger partial charge in [0.15, 0.2) is 0 Å². The van der Waals surface area contributed by atoms with Crippen LogP contribution < -0.4 is 0 Å². The van der Waals surface area contributed by atoms with E-state index in [2.05, 4.69) is 15.5 Å². The largest absolute Gasteiger partial charge is 0.454 e. The summed E-state index contributed by atoms with van der Waals surface area (Å²) in [5.74, 6) is -1.91. The number of carbonyl (C=O) groups is 1. The van der Waals surface area contributed by atoms with Crippen LogP contribution in [0.3, 0.4) is 0 Å². The zero-order chi connectivity index (χ0) is 17.1. The first-order chi connectivity index (χ1) is 11.5. The Labute approximate surface area is 135 Å². The van der Waals surface area contributed by atoms with E-state index in [0.717, 1.165) is 18.2 Å². The Bertz CT molecular complexity index is 868. The van der Waals surface area contributed by atoms with Gasteiger partial charge in [-0.3, -0.25) is 0 Å². The van der Waals surface area contributed by atoms with Crippen molar-refractivity contribution in [1.29, 1.82) is 0 Å².